The highest BCUT2D eigenvalue weighted by atomic mass is 16.5. The van der Waals surface area contributed by atoms with E-state index in [1.165, 1.54) is 0 Å². The van der Waals surface area contributed by atoms with Crippen molar-refractivity contribution in [2.75, 3.05) is 20.1 Å². The maximum absolute atomic E-state index is 5.71. The van der Waals surface area contributed by atoms with Gasteiger partial charge in [-0.3, -0.25) is 4.98 Å². The summed E-state index contributed by atoms with van der Waals surface area (Å²) >= 11 is 0. The lowest BCUT2D eigenvalue weighted by atomic mass is 10.3. The van der Waals surface area contributed by atoms with Gasteiger partial charge in [0.05, 0.1) is 11.9 Å². The van der Waals surface area contributed by atoms with E-state index in [2.05, 4.69) is 21.9 Å². The van der Waals surface area contributed by atoms with Crippen LogP contribution in [0.25, 0.3) is 0 Å². The molecule has 1 saturated heterocycles. The van der Waals surface area contributed by atoms with Crippen LogP contribution in [0.15, 0.2) is 12.4 Å². The van der Waals surface area contributed by atoms with Crippen molar-refractivity contribution in [1.29, 1.82) is 0 Å². The Kier molecular flexibility index (Phi) is 2.63. The van der Waals surface area contributed by atoms with Crippen molar-refractivity contribution in [2.45, 2.75) is 19.4 Å². The maximum atomic E-state index is 5.71. The number of aromatic nitrogens is 2. The summed E-state index contributed by atoms with van der Waals surface area (Å²) in [5, 5.41) is 0. The zero-order valence-electron chi connectivity index (χ0n) is 8.60. The minimum absolute atomic E-state index is 0.274. The van der Waals surface area contributed by atoms with Crippen molar-refractivity contribution < 1.29 is 4.74 Å². The van der Waals surface area contributed by atoms with Crippen molar-refractivity contribution in [1.82, 2.24) is 14.9 Å². The number of ether oxygens (including phenoxy) is 1. The highest BCUT2D eigenvalue weighted by Gasteiger charge is 2.21. The Bertz CT molecular complexity index is 316. The molecule has 2 heterocycles. The first kappa shape index (κ1) is 9.40. The van der Waals surface area contributed by atoms with Crippen LogP contribution in [0.1, 0.15) is 12.1 Å². The Balaban J connectivity index is 1.97. The average Bonchev–Trinajstić information content (AvgIpc) is 2.51. The number of rotatable bonds is 2. The van der Waals surface area contributed by atoms with Crippen LogP contribution in [0.3, 0.4) is 0 Å². The molecule has 0 radical (unpaired) electrons. The van der Waals surface area contributed by atoms with Crippen molar-refractivity contribution in [3.05, 3.63) is 18.1 Å². The fourth-order valence-corrected chi connectivity index (χ4v) is 1.66. The standard InChI is InChI=1S/C10H15N3O/c1-8-5-11-6-10(12-8)14-9-3-4-13(2)7-9/h5-6,9H,3-4,7H2,1-2H3. The van der Waals surface area contributed by atoms with Crippen LogP contribution < -0.4 is 4.74 Å². The summed E-state index contributed by atoms with van der Waals surface area (Å²) in [5.74, 6) is 0.644. The van der Waals surface area contributed by atoms with E-state index in [4.69, 9.17) is 4.74 Å². The van der Waals surface area contributed by atoms with Gasteiger partial charge in [-0.15, -0.1) is 0 Å². The summed E-state index contributed by atoms with van der Waals surface area (Å²) in [6.07, 6.45) is 4.75. The summed E-state index contributed by atoms with van der Waals surface area (Å²) in [4.78, 5) is 10.6. The van der Waals surface area contributed by atoms with Gasteiger partial charge < -0.3 is 9.64 Å². The largest absolute Gasteiger partial charge is 0.472 e. The molecule has 1 unspecified atom stereocenters. The van der Waals surface area contributed by atoms with E-state index in [9.17, 15) is 0 Å². The molecular formula is C10H15N3O. The van der Waals surface area contributed by atoms with Gasteiger partial charge in [-0.1, -0.05) is 0 Å². The number of likely N-dealkylation sites (N-methyl/N-ethyl adjacent to an activating group) is 1. The van der Waals surface area contributed by atoms with Crippen LogP contribution >= 0.6 is 0 Å². The average molecular weight is 193 g/mol. The number of nitrogens with zero attached hydrogens (tertiary/aromatic N) is 3. The molecule has 1 aromatic heterocycles. The first-order valence-corrected chi connectivity index (χ1v) is 4.88. The quantitative estimate of drug-likeness (QED) is 0.698. The molecule has 0 N–H and O–H groups in total. The van der Waals surface area contributed by atoms with Gasteiger partial charge in [0.25, 0.3) is 0 Å². The first-order chi connectivity index (χ1) is 6.74. The van der Waals surface area contributed by atoms with Gasteiger partial charge in [-0.25, -0.2) is 4.98 Å². The van der Waals surface area contributed by atoms with Crippen molar-refractivity contribution in [2.24, 2.45) is 0 Å². The van der Waals surface area contributed by atoms with Gasteiger partial charge in [0, 0.05) is 19.3 Å². The summed E-state index contributed by atoms with van der Waals surface area (Å²) in [6.45, 7) is 4.00. The molecule has 0 spiro atoms. The number of likely N-dealkylation sites (tertiary alicyclic amines) is 1. The Morgan fingerprint density at radius 1 is 1.50 bits per heavy atom. The van der Waals surface area contributed by atoms with Crippen LogP contribution in [-0.4, -0.2) is 41.1 Å². The molecule has 76 valence electrons. The summed E-state index contributed by atoms with van der Waals surface area (Å²) < 4.78 is 5.71. The van der Waals surface area contributed by atoms with Crippen LogP contribution in [-0.2, 0) is 0 Å². The SMILES string of the molecule is Cc1cncc(OC2CCN(C)C2)n1. The van der Waals surface area contributed by atoms with E-state index in [0.29, 0.717) is 5.88 Å². The Morgan fingerprint density at radius 3 is 3.00 bits per heavy atom. The Hall–Kier alpha value is -1.16. The van der Waals surface area contributed by atoms with E-state index < -0.39 is 0 Å². The third-order valence-corrected chi connectivity index (χ3v) is 2.37. The van der Waals surface area contributed by atoms with Gasteiger partial charge in [-0.05, 0) is 20.4 Å². The van der Waals surface area contributed by atoms with Crippen LogP contribution in [0.5, 0.6) is 5.88 Å². The Morgan fingerprint density at radius 2 is 2.36 bits per heavy atom. The van der Waals surface area contributed by atoms with Gasteiger partial charge in [0.1, 0.15) is 6.10 Å². The summed E-state index contributed by atoms with van der Waals surface area (Å²) in [7, 11) is 2.10. The third-order valence-electron chi connectivity index (χ3n) is 2.37. The molecule has 0 saturated carbocycles. The summed E-state index contributed by atoms with van der Waals surface area (Å²) in [5.41, 5.74) is 0.897. The lowest BCUT2D eigenvalue weighted by Crippen LogP contribution is -2.21. The molecule has 14 heavy (non-hydrogen) atoms. The minimum atomic E-state index is 0.274. The molecule has 4 nitrogen and oxygen atoms in total. The second-order valence-electron chi connectivity index (χ2n) is 3.79. The number of hydrogen-bond donors (Lipinski definition) is 0. The van der Waals surface area contributed by atoms with Crippen molar-refractivity contribution in [3.63, 3.8) is 0 Å². The third kappa shape index (κ3) is 2.20. The molecule has 1 aliphatic rings. The molecule has 4 heteroatoms. The van der Waals surface area contributed by atoms with Crippen LogP contribution in [0.2, 0.25) is 0 Å². The molecule has 0 aliphatic carbocycles. The van der Waals surface area contributed by atoms with Crippen molar-refractivity contribution >= 4 is 0 Å². The highest BCUT2D eigenvalue weighted by Crippen LogP contribution is 2.14. The van der Waals surface area contributed by atoms with Gasteiger partial charge >= 0.3 is 0 Å². The van der Waals surface area contributed by atoms with Crippen molar-refractivity contribution in [3.8, 4) is 5.88 Å². The second-order valence-corrected chi connectivity index (χ2v) is 3.79. The van der Waals surface area contributed by atoms with E-state index >= 15 is 0 Å². The topological polar surface area (TPSA) is 38.2 Å². The fraction of sp³-hybridized carbons (Fsp3) is 0.600. The molecule has 1 fully saturated rings. The molecule has 1 atom stereocenters. The fourth-order valence-electron chi connectivity index (χ4n) is 1.66. The van der Waals surface area contributed by atoms with Crippen LogP contribution in [0, 0.1) is 6.92 Å². The molecule has 0 amide bonds. The number of aryl methyl sites for hydroxylation is 1. The first-order valence-electron chi connectivity index (χ1n) is 4.88. The highest BCUT2D eigenvalue weighted by molar-refractivity contribution is 5.07. The predicted molar refractivity (Wildman–Crippen MR) is 53.3 cm³/mol. The lowest BCUT2D eigenvalue weighted by Gasteiger charge is -2.12. The number of hydrogen-bond acceptors (Lipinski definition) is 4. The van der Waals surface area contributed by atoms with E-state index in [-0.39, 0.29) is 6.10 Å². The molecular weight excluding hydrogens is 178 g/mol. The molecule has 1 aromatic rings. The molecule has 2 rings (SSSR count). The zero-order chi connectivity index (χ0) is 9.97. The van der Waals surface area contributed by atoms with E-state index in [0.717, 1.165) is 25.2 Å². The maximum Gasteiger partial charge on any atom is 0.232 e. The summed E-state index contributed by atoms with van der Waals surface area (Å²) in [6, 6.07) is 0. The molecule has 1 aliphatic heterocycles. The van der Waals surface area contributed by atoms with Gasteiger partial charge in [0.2, 0.25) is 5.88 Å². The van der Waals surface area contributed by atoms with E-state index in [1.54, 1.807) is 12.4 Å². The Labute approximate surface area is 83.9 Å². The molecule has 0 bridgehead atoms. The second kappa shape index (κ2) is 3.92. The van der Waals surface area contributed by atoms with Crippen LogP contribution in [0.4, 0.5) is 0 Å². The lowest BCUT2D eigenvalue weighted by molar-refractivity contribution is 0.199. The normalized spacial score (nSPS) is 22.6. The smallest absolute Gasteiger partial charge is 0.232 e. The minimum Gasteiger partial charge on any atom is -0.472 e. The monoisotopic (exact) mass is 193 g/mol. The van der Waals surface area contributed by atoms with Gasteiger partial charge in [-0.2, -0.15) is 0 Å². The van der Waals surface area contributed by atoms with E-state index in [1.807, 2.05) is 6.92 Å². The zero-order valence-corrected chi connectivity index (χ0v) is 8.60. The predicted octanol–water partition coefficient (Wildman–Crippen LogP) is 0.868. The van der Waals surface area contributed by atoms with Gasteiger partial charge in [0.15, 0.2) is 0 Å². The molecule has 0 aromatic carbocycles.